The third-order valence-electron chi connectivity index (χ3n) is 17.9. The molecule has 3 nitrogen and oxygen atoms in total. The van der Waals surface area contributed by atoms with Crippen molar-refractivity contribution < 1.29 is 0 Å². The summed E-state index contributed by atoms with van der Waals surface area (Å²) in [6.07, 6.45) is 0. The van der Waals surface area contributed by atoms with Gasteiger partial charge in [0.25, 0.3) is 0 Å². The van der Waals surface area contributed by atoms with E-state index < -0.39 is 0 Å². The monoisotopic (exact) mass is 1040 g/mol. The lowest BCUT2D eigenvalue weighted by molar-refractivity contribution is 0.590. The molecule has 4 heterocycles. The smallest absolute Gasteiger partial charge is 0.333 e. The zero-order valence-electron chi connectivity index (χ0n) is 44.9. The molecular weight excluding hydrogens is 982 g/mol. The largest absolute Gasteiger partial charge is 0.375 e. The van der Waals surface area contributed by atoms with Gasteiger partial charge in [0.2, 0.25) is 0 Å². The fourth-order valence-electron chi connectivity index (χ4n) is 14.4. The van der Waals surface area contributed by atoms with E-state index >= 15 is 0 Å². The minimum absolute atomic E-state index is 0.0612. The first-order chi connectivity index (χ1) is 37.9. The Hall–Kier alpha value is -7.90. The van der Waals surface area contributed by atoms with E-state index in [0.717, 1.165) is 17.1 Å². The molecule has 0 N–H and O–H groups in total. The van der Waals surface area contributed by atoms with Crippen LogP contribution in [0.5, 0.6) is 0 Å². The maximum Gasteiger partial charge on any atom is 0.333 e. The molecule has 0 saturated heterocycles. The van der Waals surface area contributed by atoms with Crippen molar-refractivity contribution in [3.63, 3.8) is 0 Å². The van der Waals surface area contributed by atoms with Crippen molar-refractivity contribution in [2.24, 2.45) is 0 Å². The Morgan fingerprint density at radius 3 is 1.69 bits per heavy atom. The average molecular weight is 1040 g/mol. The summed E-state index contributed by atoms with van der Waals surface area (Å²) >= 11 is 3.84. The van der Waals surface area contributed by atoms with Crippen molar-refractivity contribution in [1.29, 1.82) is 0 Å². The molecule has 0 unspecified atom stereocenters. The molecule has 374 valence electrons. The third-order valence-corrected chi connectivity index (χ3v) is 20.4. The van der Waals surface area contributed by atoms with Crippen LogP contribution in [0.4, 0.5) is 34.1 Å². The van der Waals surface area contributed by atoms with Crippen LogP contribution in [0.2, 0.25) is 0 Å². The lowest BCUT2D eigenvalue weighted by atomic mass is 9.44. The number of fused-ring (bicyclic) bond motifs is 15. The standard InChI is InChI=1S/C72H56BN3S2/c1-70(2,3)44-35-36-57(50(37-44)43-23-11-8-12-24-43)75-58-42-63-62(77-60-33-21-22-34-61(60)78-63)41-56(58)73-67-59(75)40-51-48-29-17-19-31-54(48)71(4,5)65(51)64(67)52-38-47(74(45-25-13-9-14-26-45)46-27-15-10-16-28-46)39-53-66-69(76(73)68(52)53)49-30-18-20-32-55(49)72(66,6)7/h8-42H,1-7H3. The van der Waals surface area contributed by atoms with Crippen LogP contribution in [0.15, 0.2) is 232 Å². The number of anilines is 6. The van der Waals surface area contributed by atoms with Crippen LogP contribution < -0.4 is 20.7 Å². The maximum atomic E-state index is 2.85. The number of benzene rings is 10. The Morgan fingerprint density at radius 2 is 1.03 bits per heavy atom. The van der Waals surface area contributed by atoms with Gasteiger partial charge < -0.3 is 14.3 Å². The second-order valence-electron chi connectivity index (χ2n) is 24.0. The molecule has 0 spiro atoms. The van der Waals surface area contributed by atoms with Gasteiger partial charge in [-0.25, -0.2) is 0 Å². The average Bonchev–Trinajstić information content (AvgIpc) is 2.04. The molecule has 3 aliphatic heterocycles. The molecule has 0 bridgehead atoms. The van der Waals surface area contributed by atoms with E-state index in [1.807, 2.05) is 23.5 Å². The molecule has 0 radical (unpaired) electrons. The summed E-state index contributed by atoms with van der Waals surface area (Å²) in [6, 6.07) is 80.9. The van der Waals surface area contributed by atoms with Gasteiger partial charge in [-0.2, -0.15) is 0 Å². The first-order valence-corrected chi connectivity index (χ1v) is 29.2. The molecule has 1 aromatic heterocycles. The Labute approximate surface area is 466 Å². The zero-order valence-corrected chi connectivity index (χ0v) is 46.6. The van der Waals surface area contributed by atoms with Crippen molar-refractivity contribution in [3.8, 4) is 44.6 Å². The predicted octanol–water partition coefficient (Wildman–Crippen LogP) is 18.7. The van der Waals surface area contributed by atoms with Crippen molar-refractivity contribution in [2.75, 3.05) is 9.80 Å². The molecule has 0 atom stereocenters. The van der Waals surface area contributed by atoms with Gasteiger partial charge in [-0.15, -0.1) is 0 Å². The fourth-order valence-corrected chi connectivity index (χ4v) is 16.7. The molecule has 0 saturated carbocycles. The minimum Gasteiger partial charge on any atom is -0.375 e. The molecule has 78 heavy (non-hydrogen) atoms. The highest BCUT2D eigenvalue weighted by Crippen LogP contribution is 2.62. The van der Waals surface area contributed by atoms with E-state index in [2.05, 4.69) is 275 Å². The number of hydrogen-bond acceptors (Lipinski definition) is 4. The van der Waals surface area contributed by atoms with E-state index in [0.29, 0.717) is 0 Å². The van der Waals surface area contributed by atoms with Gasteiger partial charge in [0, 0.05) is 92.1 Å². The molecular formula is C72H56BN3S2. The molecule has 6 heteroatoms. The maximum absolute atomic E-state index is 2.85. The van der Waals surface area contributed by atoms with Crippen LogP contribution >= 0.6 is 23.5 Å². The van der Waals surface area contributed by atoms with Crippen molar-refractivity contribution in [3.05, 3.63) is 240 Å². The normalized spacial score (nSPS) is 15.2. The summed E-state index contributed by atoms with van der Waals surface area (Å²) in [4.78, 5) is 10.4. The Balaban J connectivity index is 1.11. The lowest BCUT2D eigenvalue weighted by Crippen LogP contribution is -2.57. The van der Waals surface area contributed by atoms with Crippen molar-refractivity contribution >= 4 is 86.3 Å². The number of nitrogens with zero attached hydrogens (tertiary/aromatic N) is 3. The topological polar surface area (TPSA) is 11.4 Å². The highest BCUT2D eigenvalue weighted by molar-refractivity contribution is 8.05. The van der Waals surface area contributed by atoms with Gasteiger partial charge in [0.05, 0.1) is 5.69 Å². The van der Waals surface area contributed by atoms with Gasteiger partial charge in [-0.1, -0.05) is 205 Å². The van der Waals surface area contributed by atoms with Crippen molar-refractivity contribution in [2.45, 2.75) is 84.3 Å². The van der Waals surface area contributed by atoms with Crippen molar-refractivity contribution in [1.82, 2.24) is 4.48 Å². The van der Waals surface area contributed by atoms with E-state index in [1.54, 1.807) is 0 Å². The van der Waals surface area contributed by atoms with E-state index in [-0.39, 0.29) is 23.1 Å². The van der Waals surface area contributed by atoms with Gasteiger partial charge in [0.15, 0.2) is 0 Å². The van der Waals surface area contributed by atoms with Crippen LogP contribution in [0, 0.1) is 0 Å². The Bertz CT molecular complexity index is 4340. The Kier molecular flexibility index (Phi) is 9.68. The highest BCUT2D eigenvalue weighted by Gasteiger charge is 2.52. The number of hydrogen-bond donors (Lipinski definition) is 0. The lowest BCUT2D eigenvalue weighted by Gasteiger charge is -2.44. The first kappa shape index (κ1) is 46.2. The molecule has 0 fully saturated rings. The summed E-state index contributed by atoms with van der Waals surface area (Å²) < 4.78 is 2.85. The molecule has 11 aromatic rings. The van der Waals surface area contributed by atoms with Gasteiger partial charge in [-0.05, 0) is 145 Å². The van der Waals surface area contributed by atoms with Crippen LogP contribution in [-0.2, 0) is 16.2 Å². The zero-order chi connectivity index (χ0) is 52.6. The highest BCUT2D eigenvalue weighted by atomic mass is 32.2. The third kappa shape index (κ3) is 6.33. The summed E-state index contributed by atoms with van der Waals surface area (Å²) in [5.41, 5.74) is 27.7. The summed E-state index contributed by atoms with van der Waals surface area (Å²) in [5, 5.41) is 1.32. The first-order valence-electron chi connectivity index (χ1n) is 27.5. The van der Waals surface area contributed by atoms with Crippen LogP contribution in [0.3, 0.4) is 0 Å². The summed E-state index contributed by atoms with van der Waals surface area (Å²) in [7, 11) is 0. The molecule has 10 aromatic carbocycles. The fraction of sp³-hybridized carbons (Fsp3) is 0.139. The summed E-state index contributed by atoms with van der Waals surface area (Å²) in [5.74, 6) is 0. The SMILES string of the molecule is CC(C)(C)c1ccc(N2c3cc4c(cc3B3c5c2cc2c(c5-c5cc(N(c6ccccc6)c6ccccc6)cc6c7c(n3c56)-c3ccccc3C7(C)C)C(C)(C)c3ccccc3-2)Sc2ccccc2S4)c(-c2ccccc2)c1. The second-order valence-corrected chi connectivity index (χ2v) is 26.2. The van der Waals surface area contributed by atoms with Gasteiger partial charge >= 0.3 is 6.85 Å². The van der Waals surface area contributed by atoms with Crippen LogP contribution in [0.25, 0.3) is 55.5 Å². The molecule has 5 aliphatic rings. The van der Waals surface area contributed by atoms with E-state index in [9.17, 15) is 0 Å². The van der Waals surface area contributed by atoms with Crippen LogP contribution in [-0.4, -0.2) is 11.3 Å². The molecule has 16 rings (SSSR count). The van der Waals surface area contributed by atoms with Gasteiger partial charge in [-0.3, -0.25) is 0 Å². The second kappa shape index (κ2) is 16.3. The Morgan fingerprint density at radius 1 is 0.449 bits per heavy atom. The van der Waals surface area contributed by atoms with Gasteiger partial charge in [0.1, 0.15) is 0 Å². The number of para-hydroxylation sites is 2. The van der Waals surface area contributed by atoms with E-state index in [4.69, 9.17) is 0 Å². The minimum atomic E-state index is -0.314. The van der Waals surface area contributed by atoms with Crippen LogP contribution in [0.1, 0.15) is 76.3 Å². The molecule has 2 aliphatic carbocycles. The quantitative estimate of drug-likeness (QED) is 0.159. The van der Waals surface area contributed by atoms with E-state index in [1.165, 1.54) is 131 Å². The molecule has 0 amide bonds. The number of aromatic nitrogens is 1. The summed E-state index contributed by atoms with van der Waals surface area (Å²) in [6.45, 7) is 16.8. The number of rotatable bonds is 5. The predicted molar refractivity (Wildman–Crippen MR) is 331 cm³/mol.